The minimum absolute atomic E-state index is 1.09. The molecule has 148 valence electrons. The van der Waals surface area contributed by atoms with Crippen molar-refractivity contribution in [1.29, 1.82) is 0 Å². The fraction of sp³-hybridized carbons (Fsp3) is 0.308. The molecular weight excluding hydrogens is 535 g/mol. The van der Waals surface area contributed by atoms with Gasteiger partial charge in [0.25, 0.3) is 0 Å². The van der Waals surface area contributed by atoms with Crippen LogP contribution in [0.1, 0.15) is 36.1 Å². The number of benzene rings is 3. The van der Waals surface area contributed by atoms with Gasteiger partial charge in [0.05, 0.1) is 0 Å². The molecule has 1 N–H and O–H groups in total. The molecule has 0 heterocycles. The zero-order chi connectivity index (χ0) is 20.5. The van der Waals surface area contributed by atoms with Gasteiger partial charge < -0.3 is 5.32 Å². The molecule has 0 aliphatic rings. The normalized spacial score (nSPS) is 10.5. The Hall–Kier alpha value is -1.50. The molecule has 3 aromatic carbocycles. The summed E-state index contributed by atoms with van der Waals surface area (Å²) in [4.78, 5) is 0. The van der Waals surface area contributed by atoms with Crippen molar-refractivity contribution < 1.29 is 0 Å². The Balaban J connectivity index is 0.000000500. The predicted molar refractivity (Wildman–Crippen MR) is 127 cm³/mol. The van der Waals surface area contributed by atoms with Crippen LogP contribution in [0.4, 0.5) is 0 Å². The molecule has 2 heteroatoms. The molecule has 0 radical (unpaired) electrons. The van der Waals surface area contributed by atoms with Gasteiger partial charge >= 0.3 is 148 Å². The molecule has 0 aliphatic carbocycles. The standard InChI is InChI=1S/C8H9.2C7H7.C4H11N.Bi/c1-7-4-3-5-8(2)6-7;2*1-7-5-3-2-4-6-7;1-3-5-4-2;/h3-4,6H,1-2H3;2*3-6H,1H3;5H,3-4H2,1-2H3;. The second-order valence-corrected chi connectivity index (χ2v) is 15.7. The van der Waals surface area contributed by atoms with Crippen molar-refractivity contribution in [3.8, 4) is 0 Å². The van der Waals surface area contributed by atoms with Gasteiger partial charge in [0.15, 0.2) is 0 Å². The molecule has 0 saturated heterocycles. The molecular formula is C26H34BiN. The SMILES string of the molecule is CCNCC.Cc1cc[c]([Bi]([c]2ccc(C)cc2)[c]2ccc(C)cc2C)cc1. The maximum absolute atomic E-state index is 3.11. The van der Waals surface area contributed by atoms with E-state index in [0.29, 0.717) is 0 Å². The van der Waals surface area contributed by atoms with E-state index in [4.69, 9.17) is 0 Å². The minimum atomic E-state index is -2.20. The Morgan fingerprint density at radius 3 is 1.39 bits per heavy atom. The van der Waals surface area contributed by atoms with Gasteiger partial charge in [-0.25, -0.2) is 0 Å². The summed E-state index contributed by atoms with van der Waals surface area (Å²) >= 11 is -2.20. The summed E-state index contributed by atoms with van der Waals surface area (Å²) < 4.78 is 4.71. The average Bonchev–Trinajstić information content (AvgIpc) is 2.68. The van der Waals surface area contributed by atoms with Crippen molar-refractivity contribution in [3.05, 3.63) is 89.0 Å². The first kappa shape index (κ1) is 22.8. The molecule has 0 saturated carbocycles. The molecule has 0 unspecified atom stereocenters. The molecule has 28 heavy (non-hydrogen) atoms. The topological polar surface area (TPSA) is 12.0 Å². The van der Waals surface area contributed by atoms with Gasteiger partial charge in [-0.05, 0) is 13.1 Å². The third-order valence-corrected chi connectivity index (χ3v) is 14.8. The number of aryl methyl sites for hydroxylation is 4. The van der Waals surface area contributed by atoms with Crippen molar-refractivity contribution in [2.45, 2.75) is 41.5 Å². The van der Waals surface area contributed by atoms with Gasteiger partial charge in [0, 0.05) is 0 Å². The molecule has 3 rings (SSSR count). The summed E-state index contributed by atoms with van der Waals surface area (Å²) in [5.74, 6) is 0. The first-order valence-electron chi connectivity index (χ1n) is 10.2. The Morgan fingerprint density at radius 1 is 0.607 bits per heavy atom. The van der Waals surface area contributed by atoms with E-state index in [1.807, 2.05) is 0 Å². The van der Waals surface area contributed by atoms with Gasteiger partial charge in [0.1, 0.15) is 0 Å². The van der Waals surface area contributed by atoms with E-state index in [2.05, 4.69) is 114 Å². The average molecular weight is 570 g/mol. The summed E-state index contributed by atoms with van der Waals surface area (Å²) in [6.07, 6.45) is 0. The van der Waals surface area contributed by atoms with Crippen LogP contribution in [0.25, 0.3) is 0 Å². The van der Waals surface area contributed by atoms with Crippen LogP contribution in [0.5, 0.6) is 0 Å². The van der Waals surface area contributed by atoms with Gasteiger partial charge in [-0.3, -0.25) is 0 Å². The zero-order valence-electron chi connectivity index (χ0n) is 18.2. The fourth-order valence-electron chi connectivity index (χ4n) is 3.12. The van der Waals surface area contributed by atoms with Gasteiger partial charge in [-0.1, -0.05) is 13.8 Å². The van der Waals surface area contributed by atoms with Crippen molar-refractivity contribution >= 4 is 31.6 Å². The molecule has 0 amide bonds. The molecule has 1 nitrogen and oxygen atoms in total. The van der Waals surface area contributed by atoms with Crippen LogP contribution in [0.15, 0.2) is 66.7 Å². The predicted octanol–water partition coefficient (Wildman–Crippen LogP) is 4.05. The number of hydrogen-bond donors (Lipinski definition) is 1. The molecule has 0 aliphatic heterocycles. The Kier molecular flexibility index (Phi) is 9.35. The molecule has 0 atom stereocenters. The molecule has 0 spiro atoms. The molecule has 0 fully saturated rings. The van der Waals surface area contributed by atoms with Crippen molar-refractivity contribution in [3.63, 3.8) is 0 Å². The van der Waals surface area contributed by atoms with Gasteiger partial charge in [0.2, 0.25) is 0 Å². The maximum atomic E-state index is 3.11. The summed E-state index contributed by atoms with van der Waals surface area (Å²) in [5, 5.41) is 3.11. The molecule has 3 aromatic rings. The van der Waals surface area contributed by atoms with E-state index in [0.717, 1.165) is 13.1 Å². The van der Waals surface area contributed by atoms with Crippen molar-refractivity contribution in [2.24, 2.45) is 0 Å². The number of nitrogens with one attached hydrogen (secondary N) is 1. The summed E-state index contributed by atoms with van der Waals surface area (Å²) in [6, 6.07) is 25.4. The zero-order valence-corrected chi connectivity index (χ0v) is 21.7. The summed E-state index contributed by atoms with van der Waals surface area (Å²) in [5.41, 5.74) is 5.47. The van der Waals surface area contributed by atoms with Crippen LogP contribution in [0.3, 0.4) is 0 Å². The van der Waals surface area contributed by atoms with E-state index in [-0.39, 0.29) is 0 Å². The first-order valence-corrected chi connectivity index (χ1v) is 15.4. The summed E-state index contributed by atoms with van der Waals surface area (Å²) in [7, 11) is 0. The van der Waals surface area contributed by atoms with E-state index in [1.165, 1.54) is 22.3 Å². The quantitative estimate of drug-likeness (QED) is 0.458. The summed E-state index contributed by atoms with van der Waals surface area (Å²) in [6.45, 7) is 15.2. The van der Waals surface area contributed by atoms with Crippen LogP contribution in [0.2, 0.25) is 0 Å². The Morgan fingerprint density at radius 2 is 1.04 bits per heavy atom. The van der Waals surface area contributed by atoms with Crippen LogP contribution in [0, 0.1) is 27.7 Å². The third kappa shape index (κ3) is 6.54. The van der Waals surface area contributed by atoms with E-state index < -0.39 is 21.8 Å². The van der Waals surface area contributed by atoms with Crippen LogP contribution in [-0.2, 0) is 0 Å². The van der Waals surface area contributed by atoms with E-state index in [1.54, 1.807) is 9.81 Å². The third-order valence-electron chi connectivity index (χ3n) is 4.68. The Bertz CT molecular complexity index is 803. The monoisotopic (exact) mass is 569 g/mol. The van der Waals surface area contributed by atoms with Crippen LogP contribution < -0.4 is 15.1 Å². The second kappa shape index (κ2) is 11.5. The van der Waals surface area contributed by atoms with Gasteiger partial charge in [-0.15, -0.1) is 0 Å². The van der Waals surface area contributed by atoms with Crippen molar-refractivity contribution in [2.75, 3.05) is 13.1 Å². The van der Waals surface area contributed by atoms with E-state index >= 15 is 0 Å². The van der Waals surface area contributed by atoms with E-state index in [9.17, 15) is 0 Å². The number of hydrogen-bond acceptors (Lipinski definition) is 1. The molecule has 0 aromatic heterocycles. The van der Waals surface area contributed by atoms with Crippen LogP contribution >= 0.6 is 0 Å². The fourth-order valence-corrected chi connectivity index (χ4v) is 12.4. The van der Waals surface area contributed by atoms with Gasteiger partial charge in [-0.2, -0.15) is 0 Å². The van der Waals surface area contributed by atoms with Crippen molar-refractivity contribution in [1.82, 2.24) is 5.32 Å². The van der Waals surface area contributed by atoms with Crippen LogP contribution in [-0.4, -0.2) is 34.8 Å². The molecule has 0 bridgehead atoms. The second-order valence-electron chi connectivity index (χ2n) is 7.25. The Labute approximate surface area is 179 Å². The number of rotatable bonds is 5. The first-order chi connectivity index (χ1) is 13.5.